The Kier molecular flexibility index (Phi) is 6.07. The predicted octanol–water partition coefficient (Wildman–Crippen LogP) is 3.85. The SMILES string of the molecule is O=C(NCCC#Cc1cccc(CO)n1)OCC1c2ccccc2-c2ccccc21. The summed E-state index contributed by atoms with van der Waals surface area (Å²) in [6.07, 6.45) is 0.0361. The van der Waals surface area contributed by atoms with Crippen molar-refractivity contribution in [1.82, 2.24) is 10.3 Å². The van der Waals surface area contributed by atoms with Gasteiger partial charge in [-0.15, -0.1) is 0 Å². The number of carbonyl (C=O) groups excluding carboxylic acids is 1. The number of alkyl carbamates (subject to hydrolysis) is 1. The zero-order valence-electron chi connectivity index (χ0n) is 16.5. The van der Waals surface area contributed by atoms with Crippen LogP contribution in [0.2, 0.25) is 0 Å². The molecule has 0 atom stereocenters. The molecule has 1 aromatic heterocycles. The smallest absolute Gasteiger partial charge is 0.407 e. The average Bonchev–Trinajstić information content (AvgIpc) is 3.11. The van der Waals surface area contributed by atoms with Crippen molar-refractivity contribution in [3.63, 3.8) is 0 Å². The van der Waals surface area contributed by atoms with E-state index in [1.165, 1.54) is 22.3 Å². The van der Waals surface area contributed by atoms with Gasteiger partial charge in [0.05, 0.1) is 12.3 Å². The molecule has 5 nitrogen and oxygen atoms in total. The molecular formula is C25H22N2O3. The fourth-order valence-corrected chi connectivity index (χ4v) is 3.67. The minimum atomic E-state index is -0.445. The standard InChI is InChI=1S/C25H22N2O3/c28-16-19-10-7-9-18(27-19)8-5-6-15-26-25(29)30-17-24-22-13-3-1-11-20(22)21-12-2-4-14-23(21)24/h1-4,7,9-14,24,28H,6,15-17H2,(H,26,29). The molecule has 1 amide bonds. The van der Waals surface area contributed by atoms with Crippen LogP contribution in [0.25, 0.3) is 11.1 Å². The molecule has 0 bridgehead atoms. The van der Waals surface area contributed by atoms with Crippen LogP contribution in [-0.2, 0) is 11.3 Å². The number of aromatic nitrogens is 1. The number of carbonyl (C=O) groups is 1. The molecular weight excluding hydrogens is 376 g/mol. The van der Waals surface area contributed by atoms with Crippen molar-refractivity contribution >= 4 is 6.09 Å². The lowest BCUT2D eigenvalue weighted by atomic mass is 9.98. The van der Waals surface area contributed by atoms with E-state index in [-0.39, 0.29) is 12.5 Å². The largest absolute Gasteiger partial charge is 0.449 e. The van der Waals surface area contributed by atoms with Crippen molar-refractivity contribution in [1.29, 1.82) is 0 Å². The molecule has 0 unspecified atom stereocenters. The Bertz CT molecular complexity index is 1070. The van der Waals surface area contributed by atoms with Gasteiger partial charge in [-0.25, -0.2) is 9.78 Å². The van der Waals surface area contributed by atoms with E-state index < -0.39 is 6.09 Å². The van der Waals surface area contributed by atoms with Crippen LogP contribution in [0.4, 0.5) is 4.79 Å². The van der Waals surface area contributed by atoms with Crippen molar-refractivity contribution in [2.45, 2.75) is 18.9 Å². The van der Waals surface area contributed by atoms with Crippen molar-refractivity contribution in [2.75, 3.05) is 13.2 Å². The van der Waals surface area contributed by atoms with Gasteiger partial charge >= 0.3 is 6.09 Å². The van der Waals surface area contributed by atoms with Gasteiger partial charge in [0.1, 0.15) is 12.3 Å². The van der Waals surface area contributed by atoms with Crippen LogP contribution in [0.1, 0.15) is 34.9 Å². The molecule has 0 saturated carbocycles. The van der Waals surface area contributed by atoms with Crippen LogP contribution in [-0.4, -0.2) is 29.3 Å². The zero-order chi connectivity index (χ0) is 20.8. The molecule has 1 aliphatic carbocycles. The Labute approximate surface area is 175 Å². The summed E-state index contributed by atoms with van der Waals surface area (Å²) >= 11 is 0. The summed E-state index contributed by atoms with van der Waals surface area (Å²) in [7, 11) is 0. The maximum absolute atomic E-state index is 12.1. The van der Waals surface area contributed by atoms with Crippen molar-refractivity contribution in [3.8, 4) is 23.0 Å². The van der Waals surface area contributed by atoms with Gasteiger partial charge in [0.25, 0.3) is 0 Å². The second kappa shape index (κ2) is 9.25. The maximum atomic E-state index is 12.1. The van der Waals surface area contributed by atoms with E-state index in [4.69, 9.17) is 9.84 Å². The topological polar surface area (TPSA) is 71.5 Å². The fraction of sp³-hybridized carbons (Fsp3) is 0.200. The first-order valence-electron chi connectivity index (χ1n) is 9.91. The van der Waals surface area contributed by atoms with Crippen LogP contribution < -0.4 is 5.32 Å². The average molecular weight is 398 g/mol. The van der Waals surface area contributed by atoms with Crippen LogP contribution in [0.15, 0.2) is 66.7 Å². The third kappa shape index (κ3) is 4.35. The van der Waals surface area contributed by atoms with E-state index in [0.29, 0.717) is 31.0 Å². The first-order chi connectivity index (χ1) is 14.8. The van der Waals surface area contributed by atoms with Gasteiger partial charge in [0.2, 0.25) is 0 Å². The Balaban J connectivity index is 1.28. The lowest BCUT2D eigenvalue weighted by Crippen LogP contribution is -2.26. The Hall–Kier alpha value is -3.62. The van der Waals surface area contributed by atoms with Crippen LogP contribution >= 0.6 is 0 Å². The number of ether oxygens (including phenoxy) is 1. The summed E-state index contributed by atoms with van der Waals surface area (Å²) in [4.78, 5) is 16.3. The first-order valence-corrected chi connectivity index (χ1v) is 9.91. The van der Waals surface area contributed by atoms with Gasteiger partial charge in [-0.3, -0.25) is 0 Å². The van der Waals surface area contributed by atoms with Crippen LogP contribution in [0, 0.1) is 11.8 Å². The minimum absolute atomic E-state index is 0.0489. The molecule has 0 saturated heterocycles. The summed E-state index contributed by atoms with van der Waals surface area (Å²) in [5, 5.41) is 11.8. The van der Waals surface area contributed by atoms with Crippen molar-refractivity contribution in [3.05, 3.63) is 89.2 Å². The van der Waals surface area contributed by atoms with Gasteiger partial charge in [-0.05, 0) is 40.3 Å². The van der Waals surface area contributed by atoms with Crippen LogP contribution in [0.5, 0.6) is 0 Å². The van der Waals surface area contributed by atoms with Gasteiger partial charge in [-0.2, -0.15) is 0 Å². The number of benzene rings is 2. The molecule has 4 rings (SSSR count). The second-order valence-corrected chi connectivity index (χ2v) is 6.98. The number of fused-ring (bicyclic) bond motifs is 3. The monoisotopic (exact) mass is 398 g/mol. The highest BCUT2D eigenvalue weighted by Crippen LogP contribution is 2.44. The lowest BCUT2D eigenvalue weighted by molar-refractivity contribution is 0.143. The molecule has 1 aliphatic rings. The Morgan fingerprint density at radius 2 is 1.70 bits per heavy atom. The van der Waals surface area contributed by atoms with Crippen LogP contribution in [0.3, 0.4) is 0 Å². The molecule has 150 valence electrons. The highest BCUT2D eigenvalue weighted by atomic mass is 16.5. The Morgan fingerprint density at radius 1 is 1.00 bits per heavy atom. The molecule has 2 N–H and O–H groups in total. The minimum Gasteiger partial charge on any atom is -0.449 e. The normalized spacial score (nSPS) is 11.8. The second-order valence-electron chi connectivity index (χ2n) is 6.98. The van der Waals surface area contributed by atoms with E-state index in [1.807, 2.05) is 24.3 Å². The molecule has 0 radical (unpaired) electrons. The van der Waals surface area contributed by atoms with Crippen molar-refractivity contribution in [2.24, 2.45) is 0 Å². The molecule has 30 heavy (non-hydrogen) atoms. The highest BCUT2D eigenvalue weighted by Gasteiger charge is 2.28. The van der Waals surface area contributed by atoms with Crippen molar-refractivity contribution < 1.29 is 14.6 Å². The summed E-state index contributed by atoms with van der Waals surface area (Å²) in [6.45, 7) is 0.575. The number of amides is 1. The molecule has 3 aromatic rings. The molecule has 1 heterocycles. The van der Waals surface area contributed by atoms with Gasteiger partial charge < -0.3 is 15.2 Å². The number of nitrogens with zero attached hydrogens (tertiary/aromatic N) is 1. The lowest BCUT2D eigenvalue weighted by Gasteiger charge is -2.14. The predicted molar refractivity (Wildman–Crippen MR) is 115 cm³/mol. The van der Waals surface area contributed by atoms with Gasteiger partial charge in [0.15, 0.2) is 0 Å². The number of aliphatic hydroxyl groups is 1. The number of aliphatic hydroxyl groups excluding tert-OH is 1. The summed E-state index contributed by atoms with van der Waals surface area (Å²) in [5.74, 6) is 5.94. The third-order valence-electron chi connectivity index (χ3n) is 5.05. The van der Waals surface area contributed by atoms with E-state index >= 15 is 0 Å². The molecule has 0 aliphatic heterocycles. The van der Waals surface area contributed by atoms with Gasteiger partial charge in [0, 0.05) is 18.9 Å². The summed E-state index contributed by atoms with van der Waals surface area (Å²) < 4.78 is 5.50. The fourth-order valence-electron chi connectivity index (χ4n) is 3.67. The number of hydrogen-bond acceptors (Lipinski definition) is 4. The van der Waals surface area contributed by atoms with E-state index in [9.17, 15) is 4.79 Å². The Morgan fingerprint density at radius 3 is 2.40 bits per heavy atom. The number of pyridine rings is 1. The molecule has 0 spiro atoms. The maximum Gasteiger partial charge on any atom is 0.407 e. The van der Waals surface area contributed by atoms with E-state index in [1.54, 1.807) is 18.2 Å². The number of hydrogen-bond donors (Lipinski definition) is 2. The summed E-state index contributed by atoms with van der Waals surface area (Å²) in [5.41, 5.74) is 5.97. The van der Waals surface area contributed by atoms with E-state index in [2.05, 4.69) is 46.4 Å². The zero-order valence-corrected chi connectivity index (χ0v) is 16.5. The van der Waals surface area contributed by atoms with E-state index in [0.717, 1.165) is 0 Å². The quantitative estimate of drug-likeness (QED) is 0.506. The highest BCUT2D eigenvalue weighted by molar-refractivity contribution is 5.79. The molecule has 0 fully saturated rings. The number of nitrogens with one attached hydrogen (secondary N) is 1. The van der Waals surface area contributed by atoms with Gasteiger partial charge in [-0.1, -0.05) is 60.5 Å². The first kappa shape index (κ1) is 19.7. The molecule has 5 heteroatoms. The number of rotatable bonds is 5. The molecule has 2 aromatic carbocycles. The third-order valence-corrected chi connectivity index (χ3v) is 5.05. The summed E-state index contributed by atoms with van der Waals surface area (Å²) in [6, 6.07) is 21.8.